The summed E-state index contributed by atoms with van der Waals surface area (Å²) in [5.74, 6) is 0.798. The normalized spacial score (nSPS) is 12.4. The molecule has 0 spiro atoms. The third kappa shape index (κ3) is 3.32. The van der Waals surface area contributed by atoms with Crippen LogP contribution in [0.25, 0.3) is 0 Å². The predicted molar refractivity (Wildman–Crippen MR) is 83.0 cm³/mol. The summed E-state index contributed by atoms with van der Waals surface area (Å²) in [5.41, 5.74) is 2.95. The second-order valence-electron chi connectivity index (χ2n) is 5.01. The Morgan fingerprint density at radius 2 is 2.15 bits per heavy atom. The van der Waals surface area contributed by atoms with Crippen molar-refractivity contribution in [3.63, 3.8) is 0 Å². The van der Waals surface area contributed by atoms with Gasteiger partial charge in [0.1, 0.15) is 0 Å². The molecular weight excluding hydrogens is 274 g/mol. The molecule has 0 radical (unpaired) electrons. The molecular formula is C15H20ClN3O. The second kappa shape index (κ2) is 6.29. The lowest BCUT2D eigenvalue weighted by Gasteiger charge is -2.16. The minimum Gasteiger partial charge on any atom is -0.383 e. The van der Waals surface area contributed by atoms with Gasteiger partial charge in [-0.2, -0.15) is 0 Å². The van der Waals surface area contributed by atoms with Crippen LogP contribution in [0.4, 0.5) is 11.6 Å². The second-order valence-corrected chi connectivity index (χ2v) is 5.41. The summed E-state index contributed by atoms with van der Waals surface area (Å²) in [7, 11) is 1.70. The van der Waals surface area contributed by atoms with Crippen molar-refractivity contribution in [2.24, 2.45) is 0 Å². The molecule has 1 aromatic carbocycles. The van der Waals surface area contributed by atoms with Crippen molar-refractivity contribution in [2.75, 3.05) is 19.0 Å². The molecule has 1 heterocycles. The fourth-order valence-corrected chi connectivity index (χ4v) is 2.25. The lowest BCUT2D eigenvalue weighted by Crippen LogP contribution is -2.12. The van der Waals surface area contributed by atoms with Crippen LogP contribution in [0.15, 0.2) is 24.4 Å². The van der Waals surface area contributed by atoms with Crippen molar-refractivity contribution in [2.45, 2.75) is 26.8 Å². The maximum absolute atomic E-state index is 6.15. The fourth-order valence-electron chi connectivity index (χ4n) is 2.07. The number of nitrogens with one attached hydrogen (secondary N) is 1. The SMILES string of the molecule is COCC(C)n1cc(C)nc1Nc1ccc(C)c(Cl)c1. The maximum Gasteiger partial charge on any atom is 0.207 e. The number of hydrogen-bond donors (Lipinski definition) is 1. The number of ether oxygens (including phenoxy) is 1. The highest BCUT2D eigenvalue weighted by Gasteiger charge is 2.12. The number of methoxy groups -OCH3 is 1. The van der Waals surface area contributed by atoms with Crippen LogP contribution >= 0.6 is 11.6 Å². The molecule has 0 amide bonds. The molecule has 0 saturated carbocycles. The van der Waals surface area contributed by atoms with Crippen LogP contribution in [0.1, 0.15) is 24.2 Å². The summed E-state index contributed by atoms with van der Waals surface area (Å²) in [6, 6.07) is 6.11. The van der Waals surface area contributed by atoms with Crippen molar-refractivity contribution >= 4 is 23.2 Å². The highest BCUT2D eigenvalue weighted by molar-refractivity contribution is 6.31. The number of rotatable bonds is 5. The quantitative estimate of drug-likeness (QED) is 0.902. The molecule has 0 aliphatic carbocycles. The Bertz CT molecular complexity index is 595. The van der Waals surface area contributed by atoms with E-state index in [2.05, 4.69) is 21.8 Å². The van der Waals surface area contributed by atoms with E-state index in [1.54, 1.807) is 7.11 Å². The van der Waals surface area contributed by atoms with Crippen LogP contribution < -0.4 is 5.32 Å². The van der Waals surface area contributed by atoms with Crippen molar-refractivity contribution in [3.8, 4) is 0 Å². The Labute approximate surface area is 124 Å². The fraction of sp³-hybridized carbons (Fsp3) is 0.400. The van der Waals surface area contributed by atoms with Crippen LogP contribution in [-0.4, -0.2) is 23.3 Å². The van der Waals surface area contributed by atoms with Gasteiger partial charge >= 0.3 is 0 Å². The number of halogens is 1. The molecule has 1 aromatic heterocycles. The van der Waals surface area contributed by atoms with Gasteiger partial charge in [0.2, 0.25) is 5.95 Å². The average Bonchev–Trinajstić information content (AvgIpc) is 2.75. The minimum atomic E-state index is 0.213. The summed E-state index contributed by atoms with van der Waals surface area (Å²) in [6.45, 7) is 6.69. The molecule has 20 heavy (non-hydrogen) atoms. The number of imidazole rings is 1. The molecule has 0 bridgehead atoms. The first-order chi connectivity index (χ1) is 9.51. The molecule has 1 N–H and O–H groups in total. The van der Waals surface area contributed by atoms with Gasteiger partial charge in [-0.3, -0.25) is 0 Å². The molecule has 0 fully saturated rings. The molecule has 1 atom stereocenters. The van der Waals surface area contributed by atoms with E-state index in [0.717, 1.165) is 27.9 Å². The zero-order valence-corrected chi connectivity index (χ0v) is 13.0. The first kappa shape index (κ1) is 14.9. The molecule has 5 heteroatoms. The van der Waals surface area contributed by atoms with E-state index in [4.69, 9.17) is 16.3 Å². The third-order valence-electron chi connectivity index (χ3n) is 3.16. The van der Waals surface area contributed by atoms with E-state index in [1.807, 2.05) is 38.2 Å². The standard InChI is InChI=1S/C15H20ClN3O/c1-10-5-6-13(7-14(10)16)18-15-17-11(2)8-19(15)12(3)9-20-4/h5-8,12H,9H2,1-4H3,(H,17,18). The van der Waals surface area contributed by atoms with Crippen LogP contribution in [0.3, 0.4) is 0 Å². The molecule has 1 unspecified atom stereocenters. The van der Waals surface area contributed by atoms with Crippen LogP contribution in [0, 0.1) is 13.8 Å². The van der Waals surface area contributed by atoms with Gasteiger partial charge in [-0.05, 0) is 38.5 Å². The Morgan fingerprint density at radius 1 is 1.40 bits per heavy atom. The zero-order chi connectivity index (χ0) is 14.7. The number of hydrogen-bond acceptors (Lipinski definition) is 3. The third-order valence-corrected chi connectivity index (χ3v) is 3.57. The summed E-state index contributed by atoms with van der Waals surface area (Å²) in [6.07, 6.45) is 2.02. The summed E-state index contributed by atoms with van der Waals surface area (Å²) < 4.78 is 7.29. The number of anilines is 2. The summed E-state index contributed by atoms with van der Waals surface area (Å²) >= 11 is 6.15. The lowest BCUT2D eigenvalue weighted by atomic mass is 10.2. The van der Waals surface area contributed by atoms with Crippen LogP contribution in [-0.2, 0) is 4.74 Å². The summed E-state index contributed by atoms with van der Waals surface area (Å²) in [5, 5.41) is 4.06. The van der Waals surface area contributed by atoms with Crippen molar-refractivity contribution < 1.29 is 4.74 Å². The molecule has 4 nitrogen and oxygen atoms in total. The number of aromatic nitrogens is 2. The van der Waals surface area contributed by atoms with E-state index < -0.39 is 0 Å². The zero-order valence-electron chi connectivity index (χ0n) is 12.3. The van der Waals surface area contributed by atoms with E-state index in [0.29, 0.717) is 6.61 Å². The van der Waals surface area contributed by atoms with Crippen molar-refractivity contribution in [1.29, 1.82) is 0 Å². The first-order valence-corrected chi connectivity index (χ1v) is 6.96. The Morgan fingerprint density at radius 3 is 2.80 bits per heavy atom. The van der Waals surface area contributed by atoms with E-state index >= 15 is 0 Å². The molecule has 2 aromatic rings. The Hall–Kier alpha value is -1.52. The largest absolute Gasteiger partial charge is 0.383 e. The van der Waals surface area contributed by atoms with E-state index in [9.17, 15) is 0 Å². The Balaban J connectivity index is 2.26. The number of aryl methyl sites for hydroxylation is 2. The first-order valence-electron chi connectivity index (χ1n) is 6.59. The lowest BCUT2D eigenvalue weighted by molar-refractivity contribution is 0.163. The maximum atomic E-state index is 6.15. The van der Waals surface area contributed by atoms with Gasteiger partial charge in [0, 0.05) is 24.0 Å². The molecule has 0 aliphatic rings. The smallest absolute Gasteiger partial charge is 0.207 e. The topological polar surface area (TPSA) is 39.1 Å². The van der Waals surface area contributed by atoms with Gasteiger partial charge in [0.15, 0.2) is 0 Å². The summed E-state index contributed by atoms with van der Waals surface area (Å²) in [4.78, 5) is 4.51. The van der Waals surface area contributed by atoms with Crippen molar-refractivity contribution in [1.82, 2.24) is 9.55 Å². The molecule has 108 valence electrons. The van der Waals surface area contributed by atoms with Gasteiger partial charge < -0.3 is 14.6 Å². The van der Waals surface area contributed by atoms with Crippen molar-refractivity contribution in [3.05, 3.63) is 40.7 Å². The highest BCUT2D eigenvalue weighted by Crippen LogP contribution is 2.24. The van der Waals surface area contributed by atoms with Gasteiger partial charge in [-0.25, -0.2) is 4.98 Å². The van der Waals surface area contributed by atoms with Crippen LogP contribution in [0.2, 0.25) is 5.02 Å². The van der Waals surface area contributed by atoms with E-state index in [-0.39, 0.29) is 6.04 Å². The molecule has 0 saturated heterocycles. The van der Waals surface area contributed by atoms with E-state index in [1.165, 1.54) is 0 Å². The molecule has 2 rings (SSSR count). The monoisotopic (exact) mass is 293 g/mol. The average molecular weight is 294 g/mol. The van der Waals surface area contributed by atoms with Gasteiger partial charge in [0.25, 0.3) is 0 Å². The van der Waals surface area contributed by atoms with Gasteiger partial charge in [0.05, 0.1) is 18.3 Å². The minimum absolute atomic E-state index is 0.213. The van der Waals surface area contributed by atoms with Gasteiger partial charge in [-0.1, -0.05) is 17.7 Å². The predicted octanol–water partition coefficient (Wildman–Crippen LogP) is 4.10. The number of benzene rings is 1. The molecule has 0 aliphatic heterocycles. The van der Waals surface area contributed by atoms with Gasteiger partial charge in [-0.15, -0.1) is 0 Å². The number of nitrogens with zero attached hydrogens (tertiary/aromatic N) is 2. The van der Waals surface area contributed by atoms with Crippen LogP contribution in [0.5, 0.6) is 0 Å². The highest BCUT2D eigenvalue weighted by atomic mass is 35.5. The Kier molecular flexibility index (Phi) is 4.68.